The molecule has 27 heavy (non-hydrogen) atoms. The second-order valence-electron chi connectivity index (χ2n) is 6.95. The highest BCUT2D eigenvalue weighted by Gasteiger charge is 2.27. The predicted molar refractivity (Wildman–Crippen MR) is 99.0 cm³/mol. The van der Waals surface area contributed by atoms with Crippen LogP contribution in [-0.2, 0) is 6.42 Å². The predicted octanol–water partition coefficient (Wildman–Crippen LogP) is 2.85. The van der Waals surface area contributed by atoms with E-state index in [-0.39, 0.29) is 5.91 Å². The number of carbonyl (C=O) groups excluding carboxylic acids is 1. The van der Waals surface area contributed by atoms with Crippen molar-refractivity contribution < 1.29 is 9.32 Å². The highest BCUT2D eigenvalue weighted by Crippen LogP contribution is 2.27. The summed E-state index contributed by atoms with van der Waals surface area (Å²) in [6, 6.07) is 6.04. The summed E-state index contributed by atoms with van der Waals surface area (Å²) in [5.74, 6) is 1.17. The van der Waals surface area contributed by atoms with Crippen LogP contribution < -0.4 is 0 Å². The molecule has 0 saturated carbocycles. The average molecular weight is 363 g/mol. The van der Waals surface area contributed by atoms with Gasteiger partial charge in [0, 0.05) is 31.2 Å². The third-order valence-electron chi connectivity index (χ3n) is 4.97. The Morgan fingerprint density at radius 2 is 2.07 bits per heavy atom. The van der Waals surface area contributed by atoms with Crippen LogP contribution >= 0.6 is 0 Å². The Kier molecular flexibility index (Phi) is 4.66. The van der Waals surface area contributed by atoms with Crippen molar-refractivity contribution >= 4 is 5.91 Å². The monoisotopic (exact) mass is 363 g/mol. The van der Waals surface area contributed by atoms with Crippen molar-refractivity contribution in [2.45, 2.75) is 26.7 Å². The summed E-state index contributed by atoms with van der Waals surface area (Å²) >= 11 is 0. The van der Waals surface area contributed by atoms with Gasteiger partial charge in [0.2, 0.25) is 0 Å². The van der Waals surface area contributed by atoms with Gasteiger partial charge in [-0.15, -0.1) is 0 Å². The fraction of sp³-hybridized carbons (Fsp3) is 0.350. The third kappa shape index (κ3) is 3.58. The van der Waals surface area contributed by atoms with Gasteiger partial charge in [0.1, 0.15) is 12.1 Å². The first-order chi connectivity index (χ1) is 13.1. The molecule has 0 bridgehead atoms. The second kappa shape index (κ2) is 7.26. The van der Waals surface area contributed by atoms with Crippen molar-refractivity contribution in [2.75, 3.05) is 13.1 Å². The van der Waals surface area contributed by atoms with Crippen LogP contribution in [0.3, 0.4) is 0 Å². The van der Waals surface area contributed by atoms with Crippen LogP contribution in [-0.4, -0.2) is 44.0 Å². The molecule has 1 amide bonds. The lowest BCUT2D eigenvalue weighted by atomic mass is 10.0. The minimum absolute atomic E-state index is 0.00414. The van der Waals surface area contributed by atoms with E-state index in [0.717, 1.165) is 54.3 Å². The van der Waals surface area contributed by atoms with E-state index in [1.165, 1.54) is 6.33 Å². The molecule has 1 atom stereocenters. The topological polar surface area (TPSA) is 85.0 Å². The molecule has 3 aromatic rings. The smallest absolute Gasteiger partial charge is 0.256 e. The number of likely N-dealkylation sites (tertiary alicyclic amines) is 1. The van der Waals surface area contributed by atoms with Gasteiger partial charge in [-0.2, -0.15) is 0 Å². The summed E-state index contributed by atoms with van der Waals surface area (Å²) in [5, 5.41) is 4.01. The molecule has 1 saturated heterocycles. The summed E-state index contributed by atoms with van der Waals surface area (Å²) in [7, 11) is 0. The molecular formula is C20H21N5O2. The van der Waals surface area contributed by atoms with Gasteiger partial charge in [-0.3, -0.25) is 9.78 Å². The molecular weight excluding hydrogens is 342 g/mol. The zero-order chi connectivity index (χ0) is 18.8. The Morgan fingerprint density at radius 3 is 2.81 bits per heavy atom. The molecule has 0 aliphatic carbocycles. The number of amides is 1. The maximum absolute atomic E-state index is 12.5. The van der Waals surface area contributed by atoms with Crippen molar-refractivity contribution in [2.24, 2.45) is 5.92 Å². The standard InChI is InChI=1S/C20H21N5O2/c1-13-19(14(2)27-24-13)18-5-3-4-17(23-18)8-15-6-7-25(11-15)20(26)16-9-21-12-22-10-16/h3-5,9-10,12,15H,6-8,11H2,1-2H3/t15-/m1/s1. The first-order valence-electron chi connectivity index (χ1n) is 9.05. The fourth-order valence-corrected chi connectivity index (χ4v) is 3.65. The maximum atomic E-state index is 12.5. The number of hydrogen-bond donors (Lipinski definition) is 0. The van der Waals surface area contributed by atoms with Gasteiger partial charge in [-0.1, -0.05) is 11.2 Å². The quantitative estimate of drug-likeness (QED) is 0.709. The van der Waals surface area contributed by atoms with Crippen molar-refractivity contribution in [1.29, 1.82) is 0 Å². The molecule has 3 aromatic heterocycles. The number of pyridine rings is 1. The number of aromatic nitrogens is 4. The minimum atomic E-state index is -0.00414. The van der Waals surface area contributed by atoms with E-state index in [4.69, 9.17) is 9.51 Å². The van der Waals surface area contributed by atoms with Crippen LogP contribution in [0.4, 0.5) is 0 Å². The molecule has 0 aromatic carbocycles. The van der Waals surface area contributed by atoms with Crippen molar-refractivity contribution in [3.63, 3.8) is 0 Å². The van der Waals surface area contributed by atoms with E-state index < -0.39 is 0 Å². The van der Waals surface area contributed by atoms with Gasteiger partial charge in [-0.05, 0) is 44.7 Å². The normalized spacial score (nSPS) is 16.7. The van der Waals surface area contributed by atoms with Gasteiger partial charge in [0.15, 0.2) is 0 Å². The Hall–Kier alpha value is -3.09. The molecule has 1 fully saturated rings. The van der Waals surface area contributed by atoms with E-state index in [1.807, 2.05) is 36.9 Å². The molecule has 4 heterocycles. The van der Waals surface area contributed by atoms with E-state index in [1.54, 1.807) is 12.4 Å². The molecule has 7 nitrogen and oxygen atoms in total. The van der Waals surface area contributed by atoms with Gasteiger partial charge in [-0.25, -0.2) is 9.97 Å². The van der Waals surface area contributed by atoms with E-state index in [9.17, 15) is 4.79 Å². The molecule has 7 heteroatoms. The molecule has 138 valence electrons. The summed E-state index contributed by atoms with van der Waals surface area (Å²) in [6.07, 6.45) is 6.37. The van der Waals surface area contributed by atoms with Crippen molar-refractivity contribution in [3.05, 3.63) is 59.6 Å². The number of carbonyl (C=O) groups is 1. The van der Waals surface area contributed by atoms with E-state index >= 15 is 0 Å². The molecule has 0 spiro atoms. The summed E-state index contributed by atoms with van der Waals surface area (Å²) in [6.45, 7) is 5.30. The van der Waals surface area contributed by atoms with Gasteiger partial charge < -0.3 is 9.42 Å². The van der Waals surface area contributed by atoms with Gasteiger partial charge in [0.05, 0.1) is 22.5 Å². The number of aryl methyl sites for hydroxylation is 2. The highest BCUT2D eigenvalue weighted by molar-refractivity contribution is 5.93. The number of rotatable bonds is 4. The Labute approximate surface area is 157 Å². The molecule has 0 radical (unpaired) electrons. The Balaban J connectivity index is 1.45. The number of hydrogen-bond acceptors (Lipinski definition) is 6. The average Bonchev–Trinajstić information content (AvgIpc) is 3.28. The van der Waals surface area contributed by atoms with Crippen LogP contribution in [0.25, 0.3) is 11.3 Å². The lowest BCUT2D eigenvalue weighted by molar-refractivity contribution is 0.0786. The fourth-order valence-electron chi connectivity index (χ4n) is 3.65. The van der Waals surface area contributed by atoms with Crippen LogP contribution in [0.2, 0.25) is 0 Å². The summed E-state index contributed by atoms with van der Waals surface area (Å²) in [4.78, 5) is 27.1. The van der Waals surface area contributed by atoms with E-state index in [0.29, 0.717) is 11.5 Å². The first kappa shape index (κ1) is 17.3. The summed E-state index contributed by atoms with van der Waals surface area (Å²) < 4.78 is 5.26. The lowest BCUT2D eigenvalue weighted by Gasteiger charge is -2.16. The van der Waals surface area contributed by atoms with Gasteiger partial charge in [0.25, 0.3) is 5.91 Å². The third-order valence-corrected chi connectivity index (χ3v) is 4.97. The summed E-state index contributed by atoms with van der Waals surface area (Å²) in [5.41, 5.74) is 4.26. The number of nitrogens with zero attached hydrogens (tertiary/aromatic N) is 5. The van der Waals surface area contributed by atoms with Crippen LogP contribution in [0.1, 0.15) is 33.9 Å². The van der Waals surface area contributed by atoms with E-state index in [2.05, 4.69) is 15.1 Å². The maximum Gasteiger partial charge on any atom is 0.256 e. The van der Waals surface area contributed by atoms with Crippen LogP contribution in [0.15, 0.2) is 41.4 Å². The zero-order valence-corrected chi connectivity index (χ0v) is 15.4. The molecule has 1 aliphatic heterocycles. The molecule has 4 rings (SSSR count). The van der Waals surface area contributed by atoms with Crippen LogP contribution in [0.5, 0.6) is 0 Å². The highest BCUT2D eigenvalue weighted by atomic mass is 16.5. The second-order valence-corrected chi connectivity index (χ2v) is 6.95. The first-order valence-corrected chi connectivity index (χ1v) is 9.05. The Bertz CT molecular complexity index is 935. The van der Waals surface area contributed by atoms with Crippen molar-refractivity contribution in [1.82, 2.24) is 25.0 Å². The SMILES string of the molecule is Cc1noc(C)c1-c1cccc(C[C@H]2CCN(C(=O)c3cncnc3)C2)n1. The van der Waals surface area contributed by atoms with Gasteiger partial charge >= 0.3 is 0 Å². The Morgan fingerprint density at radius 1 is 1.26 bits per heavy atom. The van der Waals surface area contributed by atoms with Crippen molar-refractivity contribution in [3.8, 4) is 11.3 Å². The zero-order valence-electron chi connectivity index (χ0n) is 15.4. The van der Waals surface area contributed by atoms with Crippen LogP contribution in [0, 0.1) is 19.8 Å². The minimum Gasteiger partial charge on any atom is -0.361 e. The largest absolute Gasteiger partial charge is 0.361 e. The lowest BCUT2D eigenvalue weighted by Crippen LogP contribution is -2.29. The molecule has 0 unspecified atom stereocenters. The molecule has 1 aliphatic rings. The molecule has 0 N–H and O–H groups in total.